The molecule has 2 heterocycles. The van der Waals surface area contributed by atoms with Crippen LogP contribution in [0.2, 0.25) is 0 Å². The van der Waals surface area contributed by atoms with Crippen molar-refractivity contribution in [2.45, 2.75) is 310 Å². The van der Waals surface area contributed by atoms with Crippen LogP contribution in [0.25, 0.3) is 0 Å². The lowest BCUT2D eigenvalue weighted by atomic mass is 9.90. The van der Waals surface area contributed by atoms with Crippen LogP contribution in [0.5, 0.6) is 0 Å². The standard InChI is InChI=1S/C53H101NO6.C17H29NO6/c1-6-10-20-30-47(31-21-11-7-2)34-24-16-14-18-26-44-58-51(55)38-28-36-49(46-60-53(57)50-40-42-54(5)43-41-50)37-29-39-52(56)59-45-27-19-15-17-25-35-48(32-22-12-8-3)33-23-13-9-4;1-18-10-8-14(9-11-18)17(23)24-12-13(4-2-6-15(19)20)5-3-7-16(21)22/h47-50H,6-46H2,1-5H3;13-14H,2-12H2,1H3,(H,19,20)(H,21,22). The lowest BCUT2D eigenvalue weighted by molar-refractivity contribution is -0.152. The van der Waals surface area contributed by atoms with Crippen molar-refractivity contribution >= 4 is 35.8 Å². The minimum absolute atomic E-state index is 0.0268. The number of piperidine rings is 2. The molecule has 0 aliphatic carbocycles. The van der Waals surface area contributed by atoms with E-state index in [4.69, 9.17) is 29.2 Å². The summed E-state index contributed by atoms with van der Waals surface area (Å²) in [5.41, 5.74) is 0. The monoisotopic (exact) mass is 1190 g/mol. The molecule has 492 valence electrons. The molecule has 0 amide bonds. The lowest BCUT2D eigenvalue weighted by Crippen LogP contribution is -2.34. The quantitative estimate of drug-likeness (QED) is 0.0333. The van der Waals surface area contributed by atoms with Crippen molar-refractivity contribution in [3.8, 4) is 0 Å². The zero-order valence-corrected chi connectivity index (χ0v) is 55.1. The van der Waals surface area contributed by atoms with Crippen molar-refractivity contribution in [1.82, 2.24) is 9.80 Å². The Labute approximate surface area is 513 Å². The van der Waals surface area contributed by atoms with E-state index in [0.717, 1.165) is 102 Å². The Morgan fingerprint density at radius 2 is 0.607 bits per heavy atom. The molecule has 2 fully saturated rings. The summed E-state index contributed by atoms with van der Waals surface area (Å²) in [6, 6.07) is 0. The number of carboxylic acid groups (broad SMARTS) is 2. The number of carbonyl (C=O) groups is 6. The van der Waals surface area contributed by atoms with Crippen LogP contribution in [0.3, 0.4) is 0 Å². The van der Waals surface area contributed by atoms with Crippen LogP contribution in [0, 0.1) is 35.5 Å². The number of esters is 4. The molecule has 84 heavy (non-hydrogen) atoms. The van der Waals surface area contributed by atoms with Crippen LogP contribution in [-0.2, 0) is 47.7 Å². The molecule has 14 nitrogen and oxygen atoms in total. The molecule has 0 atom stereocenters. The minimum atomic E-state index is -0.845. The van der Waals surface area contributed by atoms with Gasteiger partial charge in [-0.2, -0.15) is 0 Å². The van der Waals surface area contributed by atoms with Gasteiger partial charge in [-0.3, -0.25) is 28.8 Å². The van der Waals surface area contributed by atoms with Crippen molar-refractivity contribution in [3.05, 3.63) is 0 Å². The molecule has 2 aliphatic heterocycles. The van der Waals surface area contributed by atoms with Crippen LogP contribution < -0.4 is 0 Å². The third-order valence-electron chi connectivity index (χ3n) is 17.9. The van der Waals surface area contributed by atoms with E-state index in [1.807, 2.05) is 7.05 Å². The molecule has 0 bridgehead atoms. The molecule has 2 N–H and O–H groups in total. The van der Waals surface area contributed by atoms with Crippen LogP contribution in [-0.4, -0.2) is 123 Å². The fourth-order valence-electron chi connectivity index (χ4n) is 12.1. The topological polar surface area (TPSA) is 186 Å². The first-order valence-corrected chi connectivity index (χ1v) is 35.2. The number of rotatable bonds is 54. The Balaban J connectivity index is 0.00000122. The molecular weight excluding hydrogens is 1060 g/mol. The van der Waals surface area contributed by atoms with Crippen molar-refractivity contribution in [3.63, 3.8) is 0 Å². The first-order chi connectivity index (χ1) is 40.7. The van der Waals surface area contributed by atoms with E-state index >= 15 is 0 Å². The maximum absolute atomic E-state index is 12.9. The third-order valence-corrected chi connectivity index (χ3v) is 17.9. The molecule has 2 saturated heterocycles. The van der Waals surface area contributed by atoms with Gasteiger partial charge in [0.2, 0.25) is 0 Å². The summed E-state index contributed by atoms with van der Waals surface area (Å²) < 4.78 is 22.5. The number of nitrogens with zero attached hydrogens (tertiary/aromatic N) is 2. The molecular formula is C70H130N2O12. The van der Waals surface area contributed by atoms with Gasteiger partial charge < -0.3 is 39.0 Å². The van der Waals surface area contributed by atoms with Crippen molar-refractivity contribution in [2.75, 3.05) is 66.7 Å². The molecule has 0 saturated carbocycles. The number of carboxylic acids is 2. The minimum Gasteiger partial charge on any atom is -0.481 e. The molecule has 2 rings (SSSR count). The van der Waals surface area contributed by atoms with Gasteiger partial charge in [0.1, 0.15) is 0 Å². The predicted octanol–water partition coefficient (Wildman–Crippen LogP) is 17.1. The van der Waals surface area contributed by atoms with Crippen LogP contribution >= 0.6 is 0 Å². The molecule has 0 unspecified atom stereocenters. The average molecular weight is 1190 g/mol. The smallest absolute Gasteiger partial charge is 0.309 e. The fourth-order valence-corrected chi connectivity index (χ4v) is 12.1. The summed E-state index contributed by atoms with van der Waals surface area (Å²) in [4.78, 5) is 75.9. The van der Waals surface area contributed by atoms with Crippen molar-refractivity contribution in [2.24, 2.45) is 35.5 Å². The number of likely N-dealkylation sites (tertiary alicyclic amines) is 2. The van der Waals surface area contributed by atoms with Gasteiger partial charge in [-0.25, -0.2) is 0 Å². The summed E-state index contributed by atoms with van der Waals surface area (Å²) in [5.74, 6) is -0.330. The zero-order valence-electron chi connectivity index (χ0n) is 55.1. The highest BCUT2D eigenvalue weighted by Crippen LogP contribution is 2.27. The number of hydrogen-bond acceptors (Lipinski definition) is 12. The second-order valence-corrected chi connectivity index (χ2v) is 25.8. The molecule has 0 spiro atoms. The van der Waals surface area contributed by atoms with Crippen molar-refractivity contribution < 1.29 is 57.9 Å². The van der Waals surface area contributed by atoms with E-state index in [1.165, 1.54) is 154 Å². The van der Waals surface area contributed by atoms with Crippen LogP contribution in [0.1, 0.15) is 310 Å². The second-order valence-electron chi connectivity index (χ2n) is 25.8. The highest BCUT2D eigenvalue weighted by molar-refractivity contribution is 5.73. The maximum atomic E-state index is 12.9. The van der Waals surface area contributed by atoms with E-state index in [9.17, 15) is 28.8 Å². The van der Waals surface area contributed by atoms with Gasteiger partial charge >= 0.3 is 35.8 Å². The first kappa shape index (κ1) is 78.8. The van der Waals surface area contributed by atoms with E-state index in [2.05, 4.69) is 44.5 Å². The summed E-state index contributed by atoms with van der Waals surface area (Å²) >= 11 is 0. The first-order valence-electron chi connectivity index (χ1n) is 35.2. The van der Waals surface area contributed by atoms with Gasteiger partial charge in [0, 0.05) is 25.7 Å². The number of unbranched alkanes of at least 4 members (excludes halogenated alkanes) is 16. The number of aliphatic carboxylic acids is 2. The average Bonchev–Trinajstić information content (AvgIpc) is 3.61. The Morgan fingerprint density at radius 1 is 0.345 bits per heavy atom. The van der Waals surface area contributed by atoms with Gasteiger partial charge in [0.25, 0.3) is 0 Å². The maximum Gasteiger partial charge on any atom is 0.309 e. The van der Waals surface area contributed by atoms with Gasteiger partial charge in [-0.1, -0.05) is 195 Å². The predicted molar refractivity (Wildman–Crippen MR) is 341 cm³/mol. The van der Waals surface area contributed by atoms with Crippen molar-refractivity contribution in [1.29, 1.82) is 0 Å². The summed E-state index contributed by atoms with van der Waals surface area (Å²) in [6.07, 6.45) is 45.9. The van der Waals surface area contributed by atoms with Gasteiger partial charge in [0.15, 0.2) is 0 Å². The zero-order chi connectivity index (χ0) is 61.7. The SMILES string of the molecule is CCCCCC(CCCCC)CCCCCCCOC(=O)CCCC(CCCC(=O)OCCCCCCCC(CCCCC)CCCCC)COC(=O)C1CCN(C)CC1.CN1CCC(C(=O)OCC(CCCC(=O)O)CCCC(=O)O)CC1. The molecule has 0 aromatic heterocycles. The van der Waals surface area contributed by atoms with Gasteiger partial charge in [-0.15, -0.1) is 0 Å². The lowest BCUT2D eigenvalue weighted by Gasteiger charge is -2.28. The normalized spacial score (nSPS) is 14.5. The largest absolute Gasteiger partial charge is 0.481 e. The van der Waals surface area contributed by atoms with E-state index in [1.54, 1.807) is 0 Å². The molecule has 0 aromatic carbocycles. The van der Waals surface area contributed by atoms with E-state index in [0.29, 0.717) is 71.2 Å². The second kappa shape index (κ2) is 55.1. The molecule has 0 aromatic rings. The summed E-state index contributed by atoms with van der Waals surface area (Å²) in [5, 5.41) is 17.4. The highest BCUT2D eigenvalue weighted by atomic mass is 16.5. The molecule has 0 radical (unpaired) electrons. The van der Waals surface area contributed by atoms with Crippen LogP contribution in [0.15, 0.2) is 0 Å². The Kier molecular flexibility index (Phi) is 51.6. The number of ether oxygens (including phenoxy) is 4. The third kappa shape index (κ3) is 46.9. The number of carbonyl (C=O) groups excluding carboxylic acids is 4. The Morgan fingerprint density at radius 3 is 0.905 bits per heavy atom. The summed E-state index contributed by atoms with van der Waals surface area (Å²) in [7, 11) is 4.12. The summed E-state index contributed by atoms with van der Waals surface area (Å²) in [6.45, 7) is 14.4. The van der Waals surface area contributed by atoms with E-state index < -0.39 is 11.9 Å². The molecule has 2 aliphatic rings. The van der Waals surface area contributed by atoms with Crippen LogP contribution in [0.4, 0.5) is 0 Å². The number of hydrogen-bond donors (Lipinski definition) is 2. The Hall–Kier alpha value is -3.26. The van der Waals surface area contributed by atoms with Gasteiger partial charge in [-0.05, 0) is 154 Å². The highest BCUT2D eigenvalue weighted by Gasteiger charge is 2.27. The van der Waals surface area contributed by atoms with E-state index in [-0.39, 0.29) is 67.0 Å². The molecule has 14 heteroatoms. The van der Waals surface area contributed by atoms with Gasteiger partial charge in [0.05, 0.1) is 38.3 Å². The fraction of sp³-hybridized carbons (Fsp3) is 0.914. The Bertz CT molecular complexity index is 1520.